The molecule has 38 heavy (non-hydrogen) atoms. The van der Waals surface area contributed by atoms with E-state index in [9.17, 15) is 9.59 Å². The van der Waals surface area contributed by atoms with Crippen LogP contribution in [0.1, 0.15) is 11.4 Å². The molecule has 11 nitrogen and oxygen atoms in total. The number of rotatable bonds is 6. The molecule has 3 aromatic heterocycles. The summed E-state index contributed by atoms with van der Waals surface area (Å²) in [7, 11) is 3.19. The van der Waals surface area contributed by atoms with E-state index >= 15 is 0 Å². The number of carbonyl (C=O) groups excluding carboxylic acids is 2. The zero-order valence-corrected chi connectivity index (χ0v) is 22.5. The predicted molar refractivity (Wildman–Crippen MR) is 151 cm³/mol. The first-order chi connectivity index (χ1) is 18.3. The van der Waals surface area contributed by atoms with Crippen molar-refractivity contribution in [2.75, 3.05) is 35.5 Å². The van der Waals surface area contributed by atoms with E-state index < -0.39 is 12.1 Å². The summed E-state index contributed by atoms with van der Waals surface area (Å²) in [5, 5.41) is 11.9. The van der Waals surface area contributed by atoms with Gasteiger partial charge in [0.05, 0.1) is 57.4 Å². The van der Waals surface area contributed by atoms with Gasteiger partial charge in [0.1, 0.15) is 11.5 Å². The van der Waals surface area contributed by atoms with Gasteiger partial charge in [-0.25, -0.2) is 19.6 Å². The summed E-state index contributed by atoms with van der Waals surface area (Å²) in [5.74, 6) is 1.43. The number of aryl methyl sites for hydroxylation is 2. The van der Waals surface area contributed by atoms with E-state index in [2.05, 4.69) is 36.2 Å². The van der Waals surface area contributed by atoms with Gasteiger partial charge in [0, 0.05) is 0 Å². The summed E-state index contributed by atoms with van der Waals surface area (Å²) < 4.78 is 12.3. The summed E-state index contributed by atoms with van der Waals surface area (Å²) in [6, 6.07) is 11.7. The SMILES string of the molecule is COc1ccc2nc(NC(=O)Nc3cc(NC(=O)Nc4nc5ccc(OC)cc5s4)c(C)nc3C)sc2c1. The van der Waals surface area contributed by atoms with E-state index in [4.69, 9.17) is 9.47 Å². The lowest BCUT2D eigenvalue weighted by Gasteiger charge is -2.13. The van der Waals surface area contributed by atoms with Crippen LogP contribution in [0.15, 0.2) is 42.5 Å². The second-order valence-electron chi connectivity index (χ2n) is 8.12. The van der Waals surface area contributed by atoms with Crippen LogP contribution in [0.2, 0.25) is 0 Å². The number of fused-ring (bicyclic) bond motifs is 2. The Morgan fingerprint density at radius 2 is 1.11 bits per heavy atom. The zero-order chi connectivity index (χ0) is 26.8. The third kappa shape index (κ3) is 5.43. The van der Waals surface area contributed by atoms with E-state index in [1.165, 1.54) is 22.7 Å². The number of carbonyl (C=O) groups is 2. The molecule has 0 aliphatic rings. The molecule has 13 heteroatoms. The molecule has 0 radical (unpaired) electrons. The number of ether oxygens (including phenoxy) is 2. The number of thiazole rings is 2. The fourth-order valence-electron chi connectivity index (χ4n) is 3.65. The molecule has 0 spiro atoms. The molecule has 5 aromatic rings. The summed E-state index contributed by atoms with van der Waals surface area (Å²) in [6.45, 7) is 3.54. The molecule has 0 atom stereocenters. The third-order valence-electron chi connectivity index (χ3n) is 5.53. The fraction of sp³-hybridized carbons (Fsp3) is 0.160. The van der Waals surface area contributed by atoms with Crippen molar-refractivity contribution in [3.63, 3.8) is 0 Å². The lowest BCUT2D eigenvalue weighted by molar-refractivity contribution is 0.261. The first-order valence-electron chi connectivity index (χ1n) is 11.3. The number of pyridine rings is 1. The summed E-state index contributed by atoms with van der Waals surface area (Å²) in [5.41, 5.74) is 3.58. The second kappa shape index (κ2) is 10.5. The van der Waals surface area contributed by atoms with Gasteiger partial charge in [0.2, 0.25) is 0 Å². The standard InChI is InChI=1S/C25H23N7O4S2/c1-12-18(27-22(33)31-24-29-16-7-5-14(35-3)9-20(16)37-24)11-19(13(2)26-12)28-23(34)32-25-30-17-8-6-15(36-4)10-21(17)38-25/h5-11H,1-4H3,(H2,27,29,31,33)(H2,28,30,32,34). The molecule has 194 valence electrons. The van der Waals surface area contributed by atoms with Gasteiger partial charge in [-0.05, 0) is 56.3 Å². The van der Waals surface area contributed by atoms with Crippen LogP contribution >= 0.6 is 22.7 Å². The van der Waals surface area contributed by atoms with Crippen molar-refractivity contribution in [2.24, 2.45) is 0 Å². The Morgan fingerprint density at radius 1 is 0.658 bits per heavy atom. The molecule has 0 saturated carbocycles. The normalized spacial score (nSPS) is 10.8. The van der Waals surface area contributed by atoms with Crippen LogP contribution in [-0.4, -0.2) is 41.2 Å². The zero-order valence-electron chi connectivity index (χ0n) is 20.8. The molecule has 5 rings (SSSR count). The number of anilines is 4. The average Bonchev–Trinajstić information content (AvgIpc) is 3.48. The quantitative estimate of drug-likeness (QED) is 0.197. The third-order valence-corrected chi connectivity index (χ3v) is 7.40. The van der Waals surface area contributed by atoms with Crippen LogP contribution < -0.4 is 30.7 Å². The molecule has 0 aliphatic heterocycles. The minimum absolute atomic E-state index is 0.439. The molecule has 3 heterocycles. The van der Waals surface area contributed by atoms with Crippen molar-refractivity contribution >= 4 is 76.8 Å². The molecule has 0 saturated heterocycles. The smallest absolute Gasteiger partial charge is 0.325 e. The lowest BCUT2D eigenvalue weighted by Crippen LogP contribution is -2.22. The van der Waals surface area contributed by atoms with Crippen LogP contribution in [0, 0.1) is 13.8 Å². The van der Waals surface area contributed by atoms with Crippen molar-refractivity contribution in [1.29, 1.82) is 0 Å². The van der Waals surface area contributed by atoms with Gasteiger partial charge in [0.25, 0.3) is 0 Å². The van der Waals surface area contributed by atoms with E-state index in [-0.39, 0.29) is 0 Å². The largest absolute Gasteiger partial charge is 0.497 e. The highest BCUT2D eigenvalue weighted by Gasteiger charge is 2.15. The van der Waals surface area contributed by atoms with Gasteiger partial charge in [-0.15, -0.1) is 0 Å². The maximum absolute atomic E-state index is 12.7. The van der Waals surface area contributed by atoms with Gasteiger partial charge in [-0.2, -0.15) is 0 Å². The molecule has 2 aromatic carbocycles. The highest BCUT2D eigenvalue weighted by Crippen LogP contribution is 2.31. The van der Waals surface area contributed by atoms with Crippen LogP contribution in [0.3, 0.4) is 0 Å². The maximum atomic E-state index is 12.7. The lowest BCUT2D eigenvalue weighted by atomic mass is 10.2. The van der Waals surface area contributed by atoms with Crippen LogP contribution in [0.25, 0.3) is 20.4 Å². The van der Waals surface area contributed by atoms with Crippen LogP contribution in [0.4, 0.5) is 31.2 Å². The van der Waals surface area contributed by atoms with E-state index in [0.29, 0.717) is 44.5 Å². The Bertz CT molecular complexity index is 1560. The Morgan fingerprint density at radius 3 is 1.53 bits per heavy atom. The van der Waals surface area contributed by atoms with Crippen LogP contribution in [0.5, 0.6) is 11.5 Å². The first-order valence-corrected chi connectivity index (χ1v) is 13.0. The first kappa shape index (κ1) is 25.2. The number of hydrogen-bond acceptors (Lipinski definition) is 9. The molecule has 4 amide bonds. The number of hydrogen-bond donors (Lipinski definition) is 4. The molecule has 0 fully saturated rings. The van der Waals surface area contributed by atoms with Crippen molar-refractivity contribution in [3.05, 3.63) is 53.9 Å². The van der Waals surface area contributed by atoms with Crippen molar-refractivity contribution in [3.8, 4) is 11.5 Å². The van der Waals surface area contributed by atoms with Gasteiger partial charge in [-0.1, -0.05) is 22.7 Å². The van der Waals surface area contributed by atoms with Gasteiger partial charge in [-0.3, -0.25) is 15.6 Å². The molecule has 0 aliphatic carbocycles. The number of methoxy groups -OCH3 is 2. The Hall–Kier alpha value is -4.49. The Kier molecular flexibility index (Phi) is 6.94. The number of aromatic nitrogens is 3. The van der Waals surface area contributed by atoms with E-state index in [1.807, 2.05) is 36.4 Å². The summed E-state index contributed by atoms with van der Waals surface area (Å²) >= 11 is 2.66. The fourth-order valence-corrected chi connectivity index (χ4v) is 5.43. The molecular formula is C25H23N7O4S2. The number of nitrogens with zero attached hydrogens (tertiary/aromatic N) is 3. The second-order valence-corrected chi connectivity index (χ2v) is 10.2. The van der Waals surface area contributed by atoms with Crippen LogP contribution in [-0.2, 0) is 0 Å². The van der Waals surface area contributed by atoms with Gasteiger partial charge < -0.3 is 20.1 Å². The minimum atomic E-state index is -0.481. The topological polar surface area (TPSA) is 139 Å². The monoisotopic (exact) mass is 549 g/mol. The summed E-state index contributed by atoms with van der Waals surface area (Å²) in [4.78, 5) is 38.7. The number of urea groups is 2. The molecular weight excluding hydrogens is 526 g/mol. The number of benzene rings is 2. The molecule has 4 N–H and O–H groups in total. The van der Waals surface area contributed by atoms with E-state index in [0.717, 1.165) is 20.4 Å². The van der Waals surface area contributed by atoms with E-state index in [1.54, 1.807) is 34.1 Å². The van der Waals surface area contributed by atoms with Crippen molar-refractivity contribution in [2.45, 2.75) is 13.8 Å². The highest BCUT2D eigenvalue weighted by molar-refractivity contribution is 7.22. The maximum Gasteiger partial charge on any atom is 0.325 e. The molecule has 0 bridgehead atoms. The molecule has 0 unspecified atom stereocenters. The minimum Gasteiger partial charge on any atom is -0.497 e. The predicted octanol–water partition coefficient (Wildman–Crippen LogP) is 6.22. The van der Waals surface area contributed by atoms with Gasteiger partial charge in [0.15, 0.2) is 10.3 Å². The summed E-state index contributed by atoms with van der Waals surface area (Å²) in [6.07, 6.45) is 0. The highest BCUT2D eigenvalue weighted by atomic mass is 32.1. The average molecular weight is 550 g/mol. The Balaban J connectivity index is 1.26. The Labute approximate surface area is 225 Å². The van der Waals surface area contributed by atoms with Crippen molar-refractivity contribution in [1.82, 2.24) is 15.0 Å². The number of amides is 4. The van der Waals surface area contributed by atoms with Gasteiger partial charge >= 0.3 is 12.1 Å². The number of nitrogens with one attached hydrogen (secondary N) is 4. The van der Waals surface area contributed by atoms with Crippen molar-refractivity contribution < 1.29 is 19.1 Å².